The molecule has 3 heterocycles. The molecule has 0 aliphatic carbocycles. The standard InChI is InChI=1S/C16H19N7O2/c17-8-12-3-4-15(19-9-12)22-6-1-2-13(10-22)23-11-14(20-21-23)16(25)18-5-7-24/h3-4,9,11,13,24H,1-2,5-7,10H2,(H,18,25)/t13-/m1/s1. The van der Waals surface area contributed by atoms with E-state index >= 15 is 0 Å². The van der Waals surface area contributed by atoms with Crippen LogP contribution in [0.25, 0.3) is 0 Å². The Morgan fingerprint density at radius 2 is 2.36 bits per heavy atom. The largest absolute Gasteiger partial charge is 0.395 e. The number of amides is 1. The molecule has 9 nitrogen and oxygen atoms in total. The molecular weight excluding hydrogens is 322 g/mol. The number of carbonyl (C=O) groups is 1. The van der Waals surface area contributed by atoms with Gasteiger partial charge in [0.1, 0.15) is 11.9 Å². The van der Waals surface area contributed by atoms with Crippen molar-refractivity contribution in [2.45, 2.75) is 18.9 Å². The highest BCUT2D eigenvalue weighted by Crippen LogP contribution is 2.24. The first-order chi connectivity index (χ1) is 12.2. The molecule has 130 valence electrons. The predicted molar refractivity (Wildman–Crippen MR) is 88.9 cm³/mol. The fourth-order valence-electron chi connectivity index (χ4n) is 2.84. The van der Waals surface area contributed by atoms with Crippen LogP contribution in [0.4, 0.5) is 5.82 Å². The number of piperidine rings is 1. The summed E-state index contributed by atoms with van der Waals surface area (Å²) in [7, 11) is 0. The lowest BCUT2D eigenvalue weighted by Gasteiger charge is -2.33. The molecule has 1 saturated heterocycles. The van der Waals surface area contributed by atoms with Crippen LogP contribution in [-0.2, 0) is 0 Å². The van der Waals surface area contributed by atoms with Gasteiger partial charge in [-0.1, -0.05) is 5.21 Å². The van der Waals surface area contributed by atoms with E-state index in [0.717, 1.165) is 25.2 Å². The van der Waals surface area contributed by atoms with Crippen molar-refractivity contribution < 1.29 is 9.90 Å². The number of nitrogens with zero attached hydrogens (tertiary/aromatic N) is 6. The number of aliphatic hydroxyl groups excluding tert-OH is 1. The minimum atomic E-state index is -0.346. The van der Waals surface area contributed by atoms with Crippen molar-refractivity contribution >= 4 is 11.7 Å². The number of pyridine rings is 1. The van der Waals surface area contributed by atoms with Gasteiger partial charge in [0, 0.05) is 25.8 Å². The van der Waals surface area contributed by atoms with Crippen molar-refractivity contribution in [3.63, 3.8) is 0 Å². The van der Waals surface area contributed by atoms with E-state index < -0.39 is 0 Å². The maximum atomic E-state index is 11.9. The minimum absolute atomic E-state index is 0.0954. The molecule has 2 N–H and O–H groups in total. The zero-order chi connectivity index (χ0) is 17.6. The summed E-state index contributed by atoms with van der Waals surface area (Å²) in [4.78, 5) is 18.3. The third-order valence-electron chi connectivity index (χ3n) is 4.11. The van der Waals surface area contributed by atoms with Crippen LogP contribution < -0.4 is 10.2 Å². The van der Waals surface area contributed by atoms with E-state index in [0.29, 0.717) is 12.1 Å². The Hall–Kier alpha value is -2.99. The molecule has 2 aromatic rings. The fourth-order valence-corrected chi connectivity index (χ4v) is 2.84. The Kier molecular flexibility index (Phi) is 5.20. The van der Waals surface area contributed by atoms with Crippen LogP contribution in [0.15, 0.2) is 24.5 Å². The van der Waals surface area contributed by atoms with E-state index in [1.165, 1.54) is 0 Å². The monoisotopic (exact) mass is 341 g/mol. The Balaban J connectivity index is 1.68. The first kappa shape index (κ1) is 16.9. The highest BCUT2D eigenvalue weighted by Gasteiger charge is 2.24. The molecule has 2 aromatic heterocycles. The molecule has 0 saturated carbocycles. The van der Waals surface area contributed by atoms with E-state index in [4.69, 9.17) is 10.4 Å². The molecule has 1 aliphatic rings. The summed E-state index contributed by atoms with van der Waals surface area (Å²) in [6.45, 7) is 1.66. The normalized spacial score (nSPS) is 17.1. The molecular formula is C16H19N7O2. The van der Waals surface area contributed by atoms with Gasteiger partial charge in [-0.3, -0.25) is 4.79 Å². The Bertz CT molecular complexity index is 766. The van der Waals surface area contributed by atoms with Crippen molar-refractivity contribution in [1.82, 2.24) is 25.3 Å². The van der Waals surface area contributed by atoms with Crippen LogP contribution in [0.3, 0.4) is 0 Å². The van der Waals surface area contributed by atoms with Crippen LogP contribution in [-0.4, -0.2) is 57.2 Å². The zero-order valence-corrected chi connectivity index (χ0v) is 13.7. The van der Waals surface area contributed by atoms with Gasteiger partial charge in [0.15, 0.2) is 5.69 Å². The van der Waals surface area contributed by atoms with Crippen molar-refractivity contribution in [2.24, 2.45) is 0 Å². The van der Waals surface area contributed by atoms with Gasteiger partial charge in [-0.2, -0.15) is 5.26 Å². The van der Waals surface area contributed by atoms with E-state index in [-0.39, 0.29) is 30.8 Å². The second-order valence-electron chi connectivity index (χ2n) is 5.82. The molecule has 1 atom stereocenters. The summed E-state index contributed by atoms with van der Waals surface area (Å²) in [6, 6.07) is 5.76. The van der Waals surface area contributed by atoms with Crippen molar-refractivity contribution in [1.29, 1.82) is 5.26 Å². The van der Waals surface area contributed by atoms with Gasteiger partial charge in [0.2, 0.25) is 0 Å². The van der Waals surface area contributed by atoms with Gasteiger partial charge in [0.25, 0.3) is 5.91 Å². The highest BCUT2D eigenvalue weighted by atomic mass is 16.3. The number of nitriles is 1. The van der Waals surface area contributed by atoms with Crippen molar-refractivity contribution in [3.05, 3.63) is 35.8 Å². The summed E-state index contributed by atoms with van der Waals surface area (Å²) in [6.07, 6.45) is 5.11. The number of aliphatic hydroxyl groups is 1. The Morgan fingerprint density at radius 1 is 1.48 bits per heavy atom. The second kappa shape index (κ2) is 7.72. The lowest BCUT2D eigenvalue weighted by atomic mass is 10.1. The van der Waals surface area contributed by atoms with Crippen molar-refractivity contribution in [2.75, 3.05) is 31.1 Å². The van der Waals surface area contributed by atoms with Crippen molar-refractivity contribution in [3.8, 4) is 6.07 Å². The lowest BCUT2D eigenvalue weighted by molar-refractivity contribution is 0.0939. The van der Waals surface area contributed by atoms with E-state index in [1.807, 2.05) is 6.07 Å². The lowest BCUT2D eigenvalue weighted by Crippen LogP contribution is -2.37. The van der Waals surface area contributed by atoms with Gasteiger partial charge < -0.3 is 15.3 Å². The minimum Gasteiger partial charge on any atom is -0.395 e. The molecule has 25 heavy (non-hydrogen) atoms. The molecule has 0 spiro atoms. The molecule has 1 aliphatic heterocycles. The summed E-state index contributed by atoms with van der Waals surface area (Å²) in [5, 5.41) is 28.2. The fraction of sp³-hybridized carbons (Fsp3) is 0.438. The topological polar surface area (TPSA) is 120 Å². The van der Waals surface area contributed by atoms with E-state index in [1.54, 1.807) is 23.1 Å². The first-order valence-corrected chi connectivity index (χ1v) is 8.13. The molecule has 0 unspecified atom stereocenters. The van der Waals surface area contributed by atoms with Gasteiger partial charge in [0.05, 0.1) is 24.4 Å². The molecule has 0 bridgehead atoms. The van der Waals surface area contributed by atoms with Gasteiger partial charge in [-0.15, -0.1) is 5.10 Å². The summed E-state index contributed by atoms with van der Waals surface area (Å²) >= 11 is 0. The predicted octanol–water partition coefficient (Wildman–Crippen LogP) is 0.108. The number of rotatable bonds is 5. The Morgan fingerprint density at radius 3 is 3.08 bits per heavy atom. The molecule has 3 rings (SSSR count). The molecule has 1 amide bonds. The highest BCUT2D eigenvalue weighted by molar-refractivity contribution is 5.91. The number of nitrogens with one attached hydrogen (secondary N) is 1. The van der Waals surface area contributed by atoms with Crippen LogP contribution in [0.2, 0.25) is 0 Å². The molecule has 0 aromatic carbocycles. The summed E-state index contributed by atoms with van der Waals surface area (Å²) in [5.74, 6) is 0.478. The third kappa shape index (κ3) is 3.92. The summed E-state index contributed by atoms with van der Waals surface area (Å²) in [5.41, 5.74) is 0.772. The summed E-state index contributed by atoms with van der Waals surface area (Å²) < 4.78 is 1.71. The number of hydrogen-bond acceptors (Lipinski definition) is 7. The van der Waals surface area contributed by atoms with Crippen LogP contribution >= 0.6 is 0 Å². The maximum absolute atomic E-state index is 11.9. The maximum Gasteiger partial charge on any atom is 0.273 e. The van der Waals surface area contributed by atoms with E-state index in [2.05, 4.69) is 31.6 Å². The molecule has 1 fully saturated rings. The smallest absolute Gasteiger partial charge is 0.273 e. The first-order valence-electron chi connectivity index (χ1n) is 8.13. The molecule has 0 radical (unpaired) electrons. The Labute approximate surface area is 144 Å². The molecule has 9 heteroatoms. The average Bonchev–Trinajstić information content (AvgIpc) is 3.16. The van der Waals surface area contributed by atoms with Crippen LogP contribution in [0.1, 0.15) is 34.9 Å². The number of anilines is 1. The van der Waals surface area contributed by atoms with Crippen LogP contribution in [0.5, 0.6) is 0 Å². The average molecular weight is 341 g/mol. The number of aromatic nitrogens is 4. The SMILES string of the molecule is N#Cc1ccc(N2CCC[C@@H](n3cc(C(=O)NCCO)nn3)C2)nc1. The van der Waals surface area contributed by atoms with Gasteiger partial charge in [-0.05, 0) is 25.0 Å². The van der Waals surface area contributed by atoms with Gasteiger partial charge in [-0.25, -0.2) is 9.67 Å². The number of hydrogen-bond donors (Lipinski definition) is 2. The zero-order valence-electron chi connectivity index (χ0n) is 13.7. The van der Waals surface area contributed by atoms with Gasteiger partial charge >= 0.3 is 0 Å². The van der Waals surface area contributed by atoms with Crippen LogP contribution in [0, 0.1) is 11.3 Å². The quantitative estimate of drug-likeness (QED) is 0.792. The van der Waals surface area contributed by atoms with E-state index in [9.17, 15) is 4.79 Å². The number of carbonyl (C=O) groups excluding carboxylic acids is 1. The second-order valence-corrected chi connectivity index (χ2v) is 5.82. The third-order valence-corrected chi connectivity index (χ3v) is 4.11.